The Morgan fingerprint density at radius 2 is 2.32 bits per heavy atom. The first-order chi connectivity index (χ1) is 9.24. The number of ether oxygens (including phenoxy) is 1. The van der Waals surface area contributed by atoms with Crippen LogP contribution >= 0.6 is 0 Å². The summed E-state index contributed by atoms with van der Waals surface area (Å²) in [5, 5.41) is 7.12. The van der Waals surface area contributed by atoms with Gasteiger partial charge in [0.15, 0.2) is 5.82 Å². The second-order valence-electron chi connectivity index (χ2n) is 4.72. The SMILES string of the molecule is FC(F)COCCc1noc(CCC2CCNC2)n1. The van der Waals surface area contributed by atoms with Crippen molar-refractivity contribution in [2.75, 3.05) is 26.3 Å². The highest BCUT2D eigenvalue weighted by atomic mass is 19.3. The predicted octanol–water partition coefficient (Wildman–Crippen LogP) is 1.44. The molecule has 1 saturated heterocycles. The Bertz CT molecular complexity index is 368. The molecule has 108 valence electrons. The van der Waals surface area contributed by atoms with Crippen LogP contribution in [-0.4, -0.2) is 42.9 Å². The van der Waals surface area contributed by atoms with Gasteiger partial charge in [-0.25, -0.2) is 8.78 Å². The molecule has 1 aromatic heterocycles. The molecule has 19 heavy (non-hydrogen) atoms. The minimum atomic E-state index is -2.43. The topological polar surface area (TPSA) is 60.2 Å². The van der Waals surface area contributed by atoms with Crippen LogP contribution in [0.25, 0.3) is 0 Å². The lowest BCUT2D eigenvalue weighted by atomic mass is 10.0. The van der Waals surface area contributed by atoms with Gasteiger partial charge in [-0.2, -0.15) is 4.98 Å². The molecular weight excluding hydrogens is 256 g/mol. The Morgan fingerprint density at radius 3 is 3.05 bits per heavy atom. The number of hydrogen-bond donors (Lipinski definition) is 1. The lowest BCUT2D eigenvalue weighted by molar-refractivity contribution is 0.0182. The maximum absolute atomic E-state index is 11.8. The van der Waals surface area contributed by atoms with Crippen molar-refractivity contribution in [1.29, 1.82) is 0 Å². The van der Waals surface area contributed by atoms with Crippen molar-refractivity contribution in [3.05, 3.63) is 11.7 Å². The number of aryl methyl sites for hydroxylation is 1. The molecule has 5 nitrogen and oxygen atoms in total. The molecule has 1 aliphatic heterocycles. The molecule has 1 atom stereocenters. The van der Waals surface area contributed by atoms with Gasteiger partial charge in [0.2, 0.25) is 5.89 Å². The van der Waals surface area contributed by atoms with Crippen molar-refractivity contribution in [3.63, 3.8) is 0 Å². The molecule has 1 N–H and O–H groups in total. The second-order valence-corrected chi connectivity index (χ2v) is 4.72. The number of nitrogens with zero attached hydrogens (tertiary/aromatic N) is 2. The number of rotatable bonds is 8. The molecule has 0 radical (unpaired) electrons. The molecular formula is C12H19F2N3O2. The summed E-state index contributed by atoms with van der Waals surface area (Å²) in [7, 11) is 0. The zero-order valence-corrected chi connectivity index (χ0v) is 10.8. The highest BCUT2D eigenvalue weighted by Crippen LogP contribution is 2.15. The molecule has 0 bridgehead atoms. The molecule has 1 aliphatic rings. The van der Waals surface area contributed by atoms with Gasteiger partial charge in [-0.1, -0.05) is 5.16 Å². The standard InChI is InChI=1S/C12H19F2N3O2/c13-10(14)8-18-6-4-11-16-12(19-17-11)2-1-9-3-5-15-7-9/h9-10,15H,1-8H2. The fourth-order valence-electron chi connectivity index (χ4n) is 2.12. The first-order valence-electron chi connectivity index (χ1n) is 6.62. The fourth-order valence-corrected chi connectivity index (χ4v) is 2.12. The van der Waals surface area contributed by atoms with Crippen LogP contribution in [0.3, 0.4) is 0 Å². The van der Waals surface area contributed by atoms with Crippen LogP contribution < -0.4 is 5.32 Å². The highest BCUT2D eigenvalue weighted by Gasteiger charge is 2.16. The monoisotopic (exact) mass is 275 g/mol. The summed E-state index contributed by atoms with van der Waals surface area (Å²) in [6.07, 6.45) is 0.984. The van der Waals surface area contributed by atoms with E-state index in [0.717, 1.165) is 25.9 Å². The third kappa shape index (κ3) is 5.20. The van der Waals surface area contributed by atoms with E-state index in [2.05, 4.69) is 15.5 Å². The third-order valence-corrected chi connectivity index (χ3v) is 3.15. The van der Waals surface area contributed by atoms with Crippen molar-refractivity contribution in [3.8, 4) is 0 Å². The van der Waals surface area contributed by atoms with Crippen molar-refractivity contribution in [2.45, 2.75) is 32.1 Å². The van der Waals surface area contributed by atoms with Crippen molar-refractivity contribution in [2.24, 2.45) is 5.92 Å². The van der Waals surface area contributed by atoms with Gasteiger partial charge in [-0.05, 0) is 31.8 Å². The van der Waals surface area contributed by atoms with E-state index in [0.29, 0.717) is 24.1 Å². The molecule has 1 aromatic rings. The van der Waals surface area contributed by atoms with Crippen LogP contribution in [0, 0.1) is 5.92 Å². The summed E-state index contributed by atoms with van der Waals surface area (Å²) < 4.78 is 33.6. The highest BCUT2D eigenvalue weighted by molar-refractivity contribution is 4.87. The van der Waals surface area contributed by atoms with E-state index in [1.54, 1.807) is 0 Å². The van der Waals surface area contributed by atoms with Gasteiger partial charge in [0, 0.05) is 12.8 Å². The molecule has 1 fully saturated rings. The zero-order chi connectivity index (χ0) is 13.5. The summed E-state index contributed by atoms with van der Waals surface area (Å²) >= 11 is 0. The molecule has 0 aliphatic carbocycles. The first kappa shape index (κ1) is 14.3. The minimum absolute atomic E-state index is 0.190. The van der Waals surface area contributed by atoms with Crippen LogP contribution in [0.2, 0.25) is 0 Å². The van der Waals surface area contributed by atoms with Gasteiger partial charge in [0.25, 0.3) is 6.43 Å². The number of halogens is 2. The van der Waals surface area contributed by atoms with Gasteiger partial charge in [0.1, 0.15) is 6.61 Å². The Balaban J connectivity index is 1.63. The van der Waals surface area contributed by atoms with Crippen molar-refractivity contribution >= 4 is 0 Å². The number of aromatic nitrogens is 2. The number of hydrogen-bond acceptors (Lipinski definition) is 5. The summed E-state index contributed by atoms with van der Waals surface area (Å²) in [5.74, 6) is 1.83. The molecule has 2 rings (SSSR count). The summed E-state index contributed by atoms with van der Waals surface area (Å²) in [6.45, 7) is 1.79. The summed E-state index contributed by atoms with van der Waals surface area (Å²) in [5.41, 5.74) is 0. The lowest BCUT2D eigenvalue weighted by Crippen LogP contribution is -2.09. The smallest absolute Gasteiger partial charge is 0.261 e. The van der Waals surface area contributed by atoms with Gasteiger partial charge < -0.3 is 14.6 Å². The van der Waals surface area contributed by atoms with Crippen molar-refractivity contribution in [1.82, 2.24) is 15.5 Å². The van der Waals surface area contributed by atoms with Crippen molar-refractivity contribution < 1.29 is 18.0 Å². The van der Waals surface area contributed by atoms with Crippen LogP contribution in [0.5, 0.6) is 0 Å². The quantitative estimate of drug-likeness (QED) is 0.727. The largest absolute Gasteiger partial charge is 0.375 e. The van der Waals surface area contributed by atoms with E-state index in [1.165, 1.54) is 6.42 Å². The molecule has 0 aromatic carbocycles. The first-order valence-corrected chi connectivity index (χ1v) is 6.62. The summed E-state index contributed by atoms with van der Waals surface area (Å²) in [6, 6.07) is 0. The van der Waals surface area contributed by atoms with Crippen LogP contribution in [0.4, 0.5) is 8.78 Å². The fraction of sp³-hybridized carbons (Fsp3) is 0.833. The van der Waals surface area contributed by atoms with Gasteiger partial charge in [-0.3, -0.25) is 0 Å². The zero-order valence-electron chi connectivity index (χ0n) is 10.8. The van der Waals surface area contributed by atoms with E-state index in [-0.39, 0.29) is 6.61 Å². The van der Waals surface area contributed by atoms with E-state index < -0.39 is 13.0 Å². The van der Waals surface area contributed by atoms with E-state index in [1.807, 2.05) is 0 Å². The molecule has 0 spiro atoms. The summed E-state index contributed by atoms with van der Waals surface area (Å²) in [4.78, 5) is 4.22. The Kier molecular flexibility index (Phi) is 5.65. The molecule has 1 unspecified atom stereocenters. The van der Waals surface area contributed by atoms with E-state index in [9.17, 15) is 8.78 Å². The third-order valence-electron chi connectivity index (χ3n) is 3.15. The maximum atomic E-state index is 11.8. The van der Waals surface area contributed by atoms with Gasteiger partial charge in [-0.15, -0.1) is 0 Å². The second kappa shape index (κ2) is 7.49. The van der Waals surface area contributed by atoms with Crippen LogP contribution in [0.1, 0.15) is 24.6 Å². The lowest BCUT2D eigenvalue weighted by Gasteiger charge is -2.03. The number of nitrogens with one attached hydrogen (secondary N) is 1. The molecule has 0 amide bonds. The van der Waals surface area contributed by atoms with Gasteiger partial charge in [0.05, 0.1) is 6.61 Å². The van der Waals surface area contributed by atoms with E-state index in [4.69, 9.17) is 9.26 Å². The molecule has 0 saturated carbocycles. The van der Waals surface area contributed by atoms with Gasteiger partial charge >= 0.3 is 0 Å². The Morgan fingerprint density at radius 1 is 1.42 bits per heavy atom. The minimum Gasteiger partial charge on any atom is -0.375 e. The Labute approximate surface area is 110 Å². The number of alkyl halides is 2. The molecule has 7 heteroatoms. The average Bonchev–Trinajstić information content (AvgIpc) is 3.03. The Hall–Kier alpha value is -1.08. The normalized spacial score (nSPS) is 19.4. The van der Waals surface area contributed by atoms with E-state index >= 15 is 0 Å². The molecule has 2 heterocycles. The van der Waals surface area contributed by atoms with Crippen LogP contribution in [-0.2, 0) is 17.6 Å². The maximum Gasteiger partial charge on any atom is 0.261 e. The predicted molar refractivity (Wildman–Crippen MR) is 64.1 cm³/mol. The average molecular weight is 275 g/mol. The van der Waals surface area contributed by atoms with Crippen LogP contribution in [0.15, 0.2) is 4.52 Å².